The maximum atomic E-state index is 12.9. The van der Waals surface area contributed by atoms with Gasteiger partial charge in [-0.1, -0.05) is 41.9 Å². The number of rotatable bonds is 4. The molecule has 0 bridgehead atoms. The summed E-state index contributed by atoms with van der Waals surface area (Å²) in [5, 5.41) is 18.7. The van der Waals surface area contributed by atoms with Crippen molar-refractivity contribution in [3.8, 4) is 6.07 Å². The molecule has 0 heterocycles. The number of hydrogen-bond donors (Lipinski definition) is 1. The van der Waals surface area contributed by atoms with E-state index in [4.69, 9.17) is 11.6 Å². The van der Waals surface area contributed by atoms with Gasteiger partial charge < -0.3 is 5.11 Å². The fraction of sp³-hybridized carbons (Fsp3) is 0.235. The number of hydrogen-bond acceptors (Lipinski definition) is 4. The average molecular weight is 348 g/mol. The molecule has 23 heavy (non-hydrogen) atoms. The molecule has 0 amide bonds. The quantitative estimate of drug-likeness (QED) is 0.922. The molecular weight excluding hydrogens is 334 g/mol. The lowest BCUT2D eigenvalue weighted by molar-refractivity contribution is 0.242. The Hall–Kier alpha value is -1.87. The van der Waals surface area contributed by atoms with Gasteiger partial charge in [0.2, 0.25) is 0 Å². The van der Waals surface area contributed by atoms with Crippen LogP contribution in [0, 0.1) is 16.7 Å². The molecule has 0 spiro atoms. The molecule has 1 aliphatic rings. The van der Waals surface area contributed by atoms with Crippen LogP contribution < -0.4 is 0 Å². The first-order valence-corrected chi connectivity index (χ1v) is 8.96. The van der Waals surface area contributed by atoms with Crippen LogP contribution in [0.4, 0.5) is 0 Å². The van der Waals surface area contributed by atoms with Gasteiger partial charge in [0.15, 0.2) is 9.84 Å². The van der Waals surface area contributed by atoms with Crippen molar-refractivity contribution in [2.75, 3.05) is 6.61 Å². The van der Waals surface area contributed by atoms with Crippen LogP contribution in [0.25, 0.3) is 0 Å². The van der Waals surface area contributed by atoms with E-state index in [0.29, 0.717) is 5.02 Å². The van der Waals surface area contributed by atoms with Crippen LogP contribution in [0.1, 0.15) is 11.5 Å². The topological polar surface area (TPSA) is 78.2 Å². The van der Waals surface area contributed by atoms with Crippen molar-refractivity contribution < 1.29 is 13.5 Å². The van der Waals surface area contributed by atoms with E-state index in [1.807, 2.05) is 12.1 Å². The molecule has 3 rings (SSSR count). The minimum absolute atomic E-state index is 0.110. The standard InChI is InChI=1S/C17H14ClNO3S/c18-13-6-8-14(9-7-13)23(21,22)16-15(17(16,10-19)11-20)12-4-2-1-3-5-12/h1-9,15-16,20H,11H2/t15-,16-,17+/m0/s1. The minimum atomic E-state index is -3.75. The predicted octanol–water partition coefficient (Wildman–Crippen LogP) is 2.78. The summed E-state index contributed by atoms with van der Waals surface area (Å²) in [6, 6.07) is 16.9. The van der Waals surface area contributed by atoms with E-state index in [-0.39, 0.29) is 4.90 Å². The zero-order chi connectivity index (χ0) is 16.7. The highest BCUT2D eigenvalue weighted by atomic mass is 35.5. The molecule has 1 N–H and O–H groups in total. The van der Waals surface area contributed by atoms with Gasteiger partial charge in [0.1, 0.15) is 5.41 Å². The lowest BCUT2D eigenvalue weighted by Gasteiger charge is -2.06. The Kier molecular flexibility index (Phi) is 3.93. The minimum Gasteiger partial charge on any atom is -0.395 e. The van der Waals surface area contributed by atoms with Crippen molar-refractivity contribution in [1.82, 2.24) is 0 Å². The molecule has 0 aliphatic heterocycles. The summed E-state index contributed by atoms with van der Waals surface area (Å²) in [5.74, 6) is -0.542. The predicted molar refractivity (Wildman–Crippen MR) is 86.7 cm³/mol. The largest absolute Gasteiger partial charge is 0.395 e. The molecule has 1 saturated carbocycles. The van der Waals surface area contributed by atoms with E-state index in [2.05, 4.69) is 0 Å². The Morgan fingerprint density at radius 2 is 1.74 bits per heavy atom. The van der Waals surface area contributed by atoms with Gasteiger partial charge in [-0.25, -0.2) is 8.42 Å². The first kappa shape index (κ1) is 16.0. The van der Waals surface area contributed by atoms with Crippen molar-refractivity contribution in [3.05, 3.63) is 65.2 Å². The zero-order valence-electron chi connectivity index (χ0n) is 12.1. The SMILES string of the molecule is N#C[C@@]1(CO)[C@@H](c2ccccc2)[C@@H]1S(=O)(=O)c1ccc(Cl)cc1. The van der Waals surface area contributed by atoms with Crippen LogP contribution in [-0.2, 0) is 9.84 Å². The van der Waals surface area contributed by atoms with Gasteiger partial charge in [-0.05, 0) is 29.8 Å². The Balaban J connectivity index is 2.07. The molecular formula is C17H14ClNO3S. The van der Waals surface area contributed by atoms with E-state index in [1.165, 1.54) is 24.3 Å². The number of nitrogens with zero attached hydrogens (tertiary/aromatic N) is 1. The lowest BCUT2D eigenvalue weighted by Crippen LogP contribution is -2.18. The van der Waals surface area contributed by atoms with Crippen molar-refractivity contribution in [2.45, 2.75) is 16.1 Å². The van der Waals surface area contributed by atoms with Gasteiger partial charge in [-0.15, -0.1) is 0 Å². The Bertz CT molecular complexity index is 859. The normalized spacial score (nSPS) is 26.5. The molecule has 0 aromatic heterocycles. The molecule has 3 atom stereocenters. The molecule has 0 saturated heterocycles. The van der Waals surface area contributed by atoms with Crippen LogP contribution in [0.2, 0.25) is 5.02 Å². The number of aliphatic hydroxyl groups is 1. The molecule has 1 fully saturated rings. The molecule has 6 heteroatoms. The smallest absolute Gasteiger partial charge is 0.183 e. The number of halogens is 1. The van der Waals surface area contributed by atoms with Gasteiger partial charge in [0, 0.05) is 10.9 Å². The van der Waals surface area contributed by atoms with Crippen LogP contribution in [0.5, 0.6) is 0 Å². The van der Waals surface area contributed by atoms with Gasteiger partial charge in [0.25, 0.3) is 0 Å². The van der Waals surface area contributed by atoms with E-state index >= 15 is 0 Å². The van der Waals surface area contributed by atoms with E-state index in [9.17, 15) is 18.8 Å². The van der Waals surface area contributed by atoms with Gasteiger partial charge in [-0.3, -0.25) is 0 Å². The van der Waals surface area contributed by atoms with E-state index < -0.39 is 33.0 Å². The first-order chi connectivity index (χ1) is 11.0. The monoisotopic (exact) mass is 347 g/mol. The molecule has 0 radical (unpaired) electrons. The molecule has 2 aromatic carbocycles. The van der Waals surface area contributed by atoms with E-state index in [1.54, 1.807) is 24.3 Å². The lowest BCUT2D eigenvalue weighted by atomic mass is 10.0. The fourth-order valence-electron chi connectivity index (χ4n) is 3.12. The number of sulfone groups is 1. The van der Waals surface area contributed by atoms with Crippen molar-refractivity contribution in [2.24, 2.45) is 5.41 Å². The Morgan fingerprint density at radius 3 is 2.26 bits per heavy atom. The number of nitriles is 1. The summed E-state index contributed by atoms with van der Waals surface area (Å²) in [5.41, 5.74) is -0.564. The summed E-state index contributed by atoms with van der Waals surface area (Å²) < 4.78 is 25.8. The molecule has 2 aromatic rings. The second-order valence-electron chi connectivity index (χ2n) is 5.62. The van der Waals surface area contributed by atoms with Crippen molar-refractivity contribution >= 4 is 21.4 Å². The first-order valence-electron chi connectivity index (χ1n) is 7.04. The van der Waals surface area contributed by atoms with Crippen LogP contribution in [0.3, 0.4) is 0 Å². The fourth-order valence-corrected chi connectivity index (χ4v) is 5.56. The molecule has 118 valence electrons. The summed E-state index contributed by atoms with van der Waals surface area (Å²) in [6.45, 7) is -0.499. The van der Waals surface area contributed by atoms with Gasteiger partial charge in [0.05, 0.1) is 22.8 Å². The molecule has 1 aliphatic carbocycles. The highest BCUT2D eigenvalue weighted by molar-refractivity contribution is 7.92. The third-order valence-corrected chi connectivity index (χ3v) is 6.90. The summed E-state index contributed by atoms with van der Waals surface area (Å²) in [7, 11) is -3.75. The second kappa shape index (κ2) is 5.64. The molecule has 4 nitrogen and oxygen atoms in total. The Labute approximate surface area is 139 Å². The van der Waals surface area contributed by atoms with Crippen LogP contribution >= 0.6 is 11.6 Å². The van der Waals surface area contributed by atoms with Crippen molar-refractivity contribution in [1.29, 1.82) is 5.26 Å². The van der Waals surface area contributed by atoms with Crippen LogP contribution in [0.15, 0.2) is 59.5 Å². The maximum Gasteiger partial charge on any atom is 0.183 e. The van der Waals surface area contributed by atoms with E-state index in [0.717, 1.165) is 5.56 Å². The third kappa shape index (κ3) is 2.43. The van der Waals surface area contributed by atoms with Crippen molar-refractivity contribution in [3.63, 3.8) is 0 Å². The van der Waals surface area contributed by atoms with Gasteiger partial charge >= 0.3 is 0 Å². The summed E-state index contributed by atoms with van der Waals surface area (Å²) in [6.07, 6.45) is 0. The summed E-state index contributed by atoms with van der Waals surface area (Å²) >= 11 is 5.80. The van der Waals surface area contributed by atoms with Crippen LogP contribution in [-0.4, -0.2) is 25.4 Å². The third-order valence-electron chi connectivity index (χ3n) is 4.36. The highest BCUT2D eigenvalue weighted by Gasteiger charge is 2.72. The highest BCUT2D eigenvalue weighted by Crippen LogP contribution is 2.63. The zero-order valence-corrected chi connectivity index (χ0v) is 13.6. The Morgan fingerprint density at radius 1 is 1.13 bits per heavy atom. The maximum absolute atomic E-state index is 12.9. The second-order valence-corrected chi connectivity index (χ2v) is 8.12. The average Bonchev–Trinajstić information content (AvgIpc) is 3.27. The number of aliphatic hydroxyl groups excluding tert-OH is 1. The number of benzene rings is 2. The summed E-state index contributed by atoms with van der Waals surface area (Å²) in [4.78, 5) is 0.110. The van der Waals surface area contributed by atoms with Gasteiger partial charge in [-0.2, -0.15) is 5.26 Å². The molecule has 0 unspecified atom stereocenters.